The summed E-state index contributed by atoms with van der Waals surface area (Å²) in [4.78, 5) is 0. The zero-order valence-corrected chi connectivity index (χ0v) is 7.96. The standard InChI is InChI=1S/C10H20O2/c1-2-6-12-8-9-4-3-5-10(11)7-9/h9-11H,2-8H2,1H3. The van der Waals surface area contributed by atoms with Gasteiger partial charge in [-0.3, -0.25) is 0 Å². The van der Waals surface area contributed by atoms with Crippen molar-refractivity contribution in [1.82, 2.24) is 0 Å². The molecule has 0 bridgehead atoms. The number of aliphatic hydroxyl groups is 1. The Morgan fingerprint density at radius 2 is 2.25 bits per heavy atom. The second-order valence-electron chi connectivity index (χ2n) is 3.76. The Balaban J connectivity index is 2.06. The van der Waals surface area contributed by atoms with E-state index in [9.17, 15) is 5.11 Å². The molecule has 2 atom stereocenters. The minimum Gasteiger partial charge on any atom is -0.393 e. The maximum Gasteiger partial charge on any atom is 0.0543 e. The molecule has 2 unspecified atom stereocenters. The smallest absolute Gasteiger partial charge is 0.0543 e. The van der Waals surface area contributed by atoms with Crippen LogP contribution >= 0.6 is 0 Å². The Morgan fingerprint density at radius 1 is 1.42 bits per heavy atom. The lowest BCUT2D eigenvalue weighted by Gasteiger charge is -2.25. The van der Waals surface area contributed by atoms with Gasteiger partial charge < -0.3 is 9.84 Å². The third-order valence-corrected chi connectivity index (χ3v) is 2.46. The molecule has 2 heteroatoms. The van der Waals surface area contributed by atoms with Crippen LogP contribution in [-0.2, 0) is 4.74 Å². The second kappa shape index (κ2) is 5.55. The van der Waals surface area contributed by atoms with E-state index in [2.05, 4.69) is 6.92 Å². The van der Waals surface area contributed by atoms with Crippen LogP contribution < -0.4 is 0 Å². The highest BCUT2D eigenvalue weighted by Crippen LogP contribution is 2.24. The zero-order chi connectivity index (χ0) is 8.81. The molecule has 0 radical (unpaired) electrons. The summed E-state index contributed by atoms with van der Waals surface area (Å²) < 4.78 is 5.46. The fourth-order valence-corrected chi connectivity index (χ4v) is 1.81. The topological polar surface area (TPSA) is 29.5 Å². The van der Waals surface area contributed by atoms with Crippen LogP contribution in [0.2, 0.25) is 0 Å². The second-order valence-corrected chi connectivity index (χ2v) is 3.76. The Bertz CT molecular complexity index is 114. The zero-order valence-electron chi connectivity index (χ0n) is 7.96. The van der Waals surface area contributed by atoms with Crippen molar-refractivity contribution in [2.24, 2.45) is 5.92 Å². The van der Waals surface area contributed by atoms with E-state index < -0.39 is 0 Å². The summed E-state index contributed by atoms with van der Waals surface area (Å²) in [6.45, 7) is 3.84. The first-order valence-electron chi connectivity index (χ1n) is 5.08. The SMILES string of the molecule is CCCOCC1CCCC(O)C1. The molecule has 0 aromatic rings. The molecule has 1 aliphatic rings. The Morgan fingerprint density at radius 3 is 2.92 bits per heavy atom. The molecular formula is C10H20O2. The van der Waals surface area contributed by atoms with Crippen molar-refractivity contribution < 1.29 is 9.84 Å². The number of hydrogen-bond donors (Lipinski definition) is 1. The largest absolute Gasteiger partial charge is 0.393 e. The molecule has 0 aliphatic heterocycles. The fourth-order valence-electron chi connectivity index (χ4n) is 1.81. The van der Waals surface area contributed by atoms with Crippen molar-refractivity contribution in [3.63, 3.8) is 0 Å². The van der Waals surface area contributed by atoms with E-state index in [0.29, 0.717) is 5.92 Å². The predicted molar refractivity (Wildman–Crippen MR) is 49.1 cm³/mol. The maximum absolute atomic E-state index is 9.38. The summed E-state index contributed by atoms with van der Waals surface area (Å²) in [6.07, 6.45) is 5.37. The van der Waals surface area contributed by atoms with E-state index >= 15 is 0 Å². The first kappa shape index (κ1) is 10.0. The molecule has 12 heavy (non-hydrogen) atoms. The van der Waals surface area contributed by atoms with E-state index in [1.165, 1.54) is 12.8 Å². The lowest BCUT2D eigenvalue weighted by Crippen LogP contribution is -2.23. The van der Waals surface area contributed by atoms with Gasteiger partial charge in [0.05, 0.1) is 6.10 Å². The summed E-state index contributed by atoms with van der Waals surface area (Å²) in [5, 5.41) is 9.38. The van der Waals surface area contributed by atoms with Crippen LogP contribution in [0.3, 0.4) is 0 Å². The van der Waals surface area contributed by atoms with Gasteiger partial charge in [0.1, 0.15) is 0 Å². The molecule has 1 rings (SSSR count). The maximum atomic E-state index is 9.38. The quantitative estimate of drug-likeness (QED) is 0.657. The molecule has 1 fully saturated rings. The van der Waals surface area contributed by atoms with Gasteiger partial charge in [-0.1, -0.05) is 13.3 Å². The van der Waals surface area contributed by atoms with Crippen LogP contribution in [0.4, 0.5) is 0 Å². The molecule has 0 aromatic carbocycles. The first-order valence-corrected chi connectivity index (χ1v) is 5.08. The van der Waals surface area contributed by atoms with Crippen LogP contribution in [0, 0.1) is 5.92 Å². The van der Waals surface area contributed by atoms with Crippen molar-refractivity contribution in [1.29, 1.82) is 0 Å². The Labute approximate surface area is 74.9 Å². The Hall–Kier alpha value is -0.0800. The summed E-state index contributed by atoms with van der Waals surface area (Å²) in [6, 6.07) is 0. The first-order chi connectivity index (χ1) is 5.83. The molecule has 0 aromatic heterocycles. The molecule has 1 aliphatic carbocycles. The lowest BCUT2D eigenvalue weighted by atomic mass is 9.88. The number of ether oxygens (including phenoxy) is 1. The van der Waals surface area contributed by atoms with Crippen molar-refractivity contribution in [2.75, 3.05) is 13.2 Å². The molecule has 2 nitrogen and oxygen atoms in total. The molecule has 1 N–H and O–H groups in total. The van der Waals surface area contributed by atoms with Gasteiger partial charge in [-0.05, 0) is 31.6 Å². The summed E-state index contributed by atoms with van der Waals surface area (Å²) in [5.41, 5.74) is 0. The van der Waals surface area contributed by atoms with Crippen molar-refractivity contribution >= 4 is 0 Å². The third kappa shape index (κ3) is 3.55. The summed E-state index contributed by atoms with van der Waals surface area (Å²) >= 11 is 0. The van der Waals surface area contributed by atoms with Gasteiger partial charge in [0.15, 0.2) is 0 Å². The van der Waals surface area contributed by atoms with Crippen LogP contribution in [-0.4, -0.2) is 24.4 Å². The van der Waals surface area contributed by atoms with Gasteiger partial charge in [0.25, 0.3) is 0 Å². The van der Waals surface area contributed by atoms with Crippen LogP contribution in [0.5, 0.6) is 0 Å². The van der Waals surface area contributed by atoms with Gasteiger partial charge >= 0.3 is 0 Å². The molecule has 1 saturated carbocycles. The van der Waals surface area contributed by atoms with Crippen molar-refractivity contribution in [3.8, 4) is 0 Å². The van der Waals surface area contributed by atoms with E-state index in [4.69, 9.17) is 4.74 Å². The van der Waals surface area contributed by atoms with Gasteiger partial charge in [0, 0.05) is 13.2 Å². The molecular weight excluding hydrogens is 152 g/mol. The average molecular weight is 172 g/mol. The van der Waals surface area contributed by atoms with Gasteiger partial charge in [-0.25, -0.2) is 0 Å². The van der Waals surface area contributed by atoms with Gasteiger partial charge in [-0.15, -0.1) is 0 Å². The number of rotatable bonds is 4. The highest BCUT2D eigenvalue weighted by Gasteiger charge is 2.19. The van der Waals surface area contributed by atoms with Crippen molar-refractivity contribution in [2.45, 2.75) is 45.1 Å². The summed E-state index contributed by atoms with van der Waals surface area (Å²) in [5.74, 6) is 0.611. The normalized spacial score (nSPS) is 30.5. The van der Waals surface area contributed by atoms with E-state index in [-0.39, 0.29) is 6.10 Å². The minimum absolute atomic E-state index is 0.0611. The lowest BCUT2D eigenvalue weighted by molar-refractivity contribution is 0.0416. The number of aliphatic hydroxyl groups excluding tert-OH is 1. The minimum atomic E-state index is -0.0611. The highest BCUT2D eigenvalue weighted by molar-refractivity contribution is 4.71. The molecule has 72 valence electrons. The summed E-state index contributed by atoms with van der Waals surface area (Å²) in [7, 11) is 0. The van der Waals surface area contributed by atoms with E-state index in [1.54, 1.807) is 0 Å². The average Bonchev–Trinajstić information content (AvgIpc) is 2.05. The molecule has 0 spiro atoms. The third-order valence-electron chi connectivity index (χ3n) is 2.46. The van der Waals surface area contributed by atoms with E-state index in [1.807, 2.05) is 0 Å². The fraction of sp³-hybridized carbons (Fsp3) is 1.00. The van der Waals surface area contributed by atoms with Crippen LogP contribution in [0.15, 0.2) is 0 Å². The van der Waals surface area contributed by atoms with Gasteiger partial charge in [0.2, 0.25) is 0 Å². The Kier molecular flexibility index (Phi) is 4.62. The van der Waals surface area contributed by atoms with Crippen LogP contribution in [0.1, 0.15) is 39.0 Å². The highest BCUT2D eigenvalue weighted by atomic mass is 16.5. The van der Waals surface area contributed by atoms with Crippen molar-refractivity contribution in [3.05, 3.63) is 0 Å². The number of hydrogen-bond acceptors (Lipinski definition) is 2. The van der Waals surface area contributed by atoms with E-state index in [0.717, 1.165) is 32.5 Å². The molecule has 0 heterocycles. The van der Waals surface area contributed by atoms with Crippen LogP contribution in [0.25, 0.3) is 0 Å². The molecule has 0 saturated heterocycles. The van der Waals surface area contributed by atoms with Gasteiger partial charge in [-0.2, -0.15) is 0 Å². The predicted octanol–water partition coefficient (Wildman–Crippen LogP) is 1.96. The monoisotopic (exact) mass is 172 g/mol. The molecule has 0 amide bonds.